The summed E-state index contributed by atoms with van der Waals surface area (Å²) in [5.74, 6) is 0.689. The maximum absolute atomic E-state index is 12.6. The molecule has 2 aromatic rings. The van der Waals surface area contributed by atoms with Gasteiger partial charge in [-0.3, -0.25) is 14.7 Å². The van der Waals surface area contributed by atoms with E-state index in [-0.39, 0.29) is 12.0 Å². The first-order valence-electron chi connectivity index (χ1n) is 9.40. The van der Waals surface area contributed by atoms with E-state index in [1.165, 1.54) is 0 Å². The molecule has 4 rings (SSSR count). The number of hydrogen-bond acceptors (Lipinski definition) is 5. The SMILES string of the molecule is COc1cccc(CN2CC3(CCN(C(=O)c4ccccn4)CC3)OC2=O)c1. The zero-order chi connectivity index (χ0) is 19.6. The van der Waals surface area contributed by atoms with Crippen molar-refractivity contribution in [2.24, 2.45) is 0 Å². The van der Waals surface area contributed by atoms with Gasteiger partial charge in [0.1, 0.15) is 17.0 Å². The Morgan fingerprint density at radius 1 is 1.21 bits per heavy atom. The van der Waals surface area contributed by atoms with E-state index in [9.17, 15) is 9.59 Å². The third-order valence-electron chi connectivity index (χ3n) is 5.39. The van der Waals surface area contributed by atoms with E-state index in [1.54, 1.807) is 41.3 Å². The van der Waals surface area contributed by atoms with Crippen molar-refractivity contribution >= 4 is 12.0 Å². The number of amides is 2. The van der Waals surface area contributed by atoms with Gasteiger partial charge in [0, 0.05) is 38.7 Å². The van der Waals surface area contributed by atoms with Crippen molar-refractivity contribution in [2.45, 2.75) is 25.0 Å². The van der Waals surface area contributed by atoms with Gasteiger partial charge in [-0.1, -0.05) is 18.2 Å². The number of carbonyl (C=O) groups excluding carboxylic acids is 2. The summed E-state index contributed by atoms with van der Waals surface area (Å²) < 4.78 is 11.0. The minimum atomic E-state index is -0.517. The molecule has 1 spiro atoms. The van der Waals surface area contributed by atoms with Crippen LogP contribution in [0.4, 0.5) is 4.79 Å². The van der Waals surface area contributed by atoms with Crippen LogP contribution in [0.15, 0.2) is 48.7 Å². The molecule has 1 aromatic heterocycles. The molecule has 3 heterocycles. The first-order valence-corrected chi connectivity index (χ1v) is 9.40. The molecule has 0 aliphatic carbocycles. The molecule has 0 radical (unpaired) electrons. The van der Waals surface area contributed by atoms with E-state index < -0.39 is 5.60 Å². The quantitative estimate of drug-likeness (QED) is 0.814. The molecule has 0 N–H and O–H groups in total. The van der Waals surface area contributed by atoms with Crippen LogP contribution in [-0.2, 0) is 11.3 Å². The standard InChI is InChI=1S/C21H23N3O4/c1-27-17-6-4-5-16(13-17)14-24-15-21(28-20(24)26)8-11-23(12-9-21)19(25)18-7-2-3-10-22-18/h2-7,10,13H,8-9,11-12,14-15H2,1H3. The van der Waals surface area contributed by atoms with Crippen molar-refractivity contribution < 1.29 is 19.1 Å². The molecule has 2 saturated heterocycles. The normalized spacial score (nSPS) is 18.2. The van der Waals surface area contributed by atoms with Crippen molar-refractivity contribution in [1.82, 2.24) is 14.8 Å². The van der Waals surface area contributed by atoms with Crippen molar-refractivity contribution in [3.8, 4) is 5.75 Å². The summed E-state index contributed by atoms with van der Waals surface area (Å²) in [6, 6.07) is 13.0. The molecular formula is C21H23N3O4. The first-order chi connectivity index (χ1) is 13.6. The highest BCUT2D eigenvalue weighted by Crippen LogP contribution is 2.34. The molecule has 0 atom stereocenters. The van der Waals surface area contributed by atoms with Crippen molar-refractivity contribution in [1.29, 1.82) is 0 Å². The van der Waals surface area contributed by atoms with Crippen molar-refractivity contribution in [3.05, 3.63) is 59.9 Å². The van der Waals surface area contributed by atoms with Crippen LogP contribution in [0.3, 0.4) is 0 Å². The summed E-state index contributed by atoms with van der Waals surface area (Å²) in [5, 5.41) is 0. The van der Waals surface area contributed by atoms with Gasteiger partial charge < -0.3 is 14.4 Å². The lowest BCUT2D eigenvalue weighted by Crippen LogP contribution is -2.48. The van der Waals surface area contributed by atoms with Crippen molar-refractivity contribution in [2.75, 3.05) is 26.7 Å². The summed E-state index contributed by atoms with van der Waals surface area (Å²) in [6.07, 6.45) is 2.58. The second-order valence-electron chi connectivity index (χ2n) is 7.27. The predicted molar refractivity (Wildman–Crippen MR) is 102 cm³/mol. The molecule has 0 unspecified atom stereocenters. The highest BCUT2D eigenvalue weighted by molar-refractivity contribution is 5.92. The Balaban J connectivity index is 1.38. The van der Waals surface area contributed by atoms with Gasteiger partial charge >= 0.3 is 6.09 Å². The number of rotatable bonds is 4. The van der Waals surface area contributed by atoms with E-state index in [0.717, 1.165) is 11.3 Å². The zero-order valence-corrected chi connectivity index (χ0v) is 15.8. The van der Waals surface area contributed by atoms with Crippen LogP contribution in [0, 0.1) is 0 Å². The van der Waals surface area contributed by atoms with Gasteiger partial charge in [-0.15, -0.1) is 0 Å². The van der Waals surface area contributed by atoms with Crippen LogP contribution >= 0.6 is 0 Å². The number of likely N-dealkylation sites (tertiary alicyclic amines) is 1. The summed E-state index contributed by atoms with van der Waals surface area (Å²) in [6.45, 7) is 2.12. The van der Waals surface area contributed by atoms with Crippen LogP contribution in [-0.4, -0.2) is 59.1 Å². The minimum absolute atomic E-state index is 0.0759. The fourth-order valence-corrected chi connectivity index (χ4v) is 3.83. The molecule has 7 heteroatoms. The fraction of sp³-hybridized carbons (Fsp3) is 0.381. The Morgan fingerprint density at radius 2 is 2.04 bits per heavy atom. The second-order valence-corrected chi connectivity index (χ2v) is 7.27. The fourth-order valence-electron chi connectivity index (χ4n) is 3.83. The molecule has 2 amide bonds. The molecule has 0 saturated carbocycles. The van der Waals surface area contributed by atoms with Crippen LogP contribution < -0.4 is 4.74 Å². The van der Waals surface area contributed by atoms with E-state index in [0.29, 0.717) is 44.7 Å². The van der Waals surface area contributed by atoms with Crippen LogP contribution in [0.25, 0.3) is 0 Å². The van der Waals surface area contributed by atoms with Gasteiger partial charge in [0.25, 0.3) is 5.91 Å². The average molecular weight is 381 g/mol. The number of aromatic nitrogens is 1. The molecule has 2 fully saturated rings. The highest BCUT2D eigenvalue weighted by Gasteiger charge is 2.47. The van der Waals surface area contributed by atoms with E-state index in [1.807, 2.05) is 24.3 Å². The Bertz CT molecular complexity index is 863. The number of benzene rings is 1. The van der Waals surface area contributed by atoms with E-state index in [2.05, 4.69) is 4.98 Å². The number of methoxy groups -OCH3 is 1. The van der Waals surface area contributed by atoms with Gasteiger partial charge in [0.2, 0.25) is 0 Å². The maximum atomic E-state index is 12.6. The van der Waals surface area contributed by atoms with Crippen LogP contribution in [0.5, 0.6) is 5.75 Å². The smallest absolute Gasteiger partial charge is 0.410 e. The molecule has 7 nitrogen and oxygen atoms in total. The molecule has 146 valence electrons. The van der Waals surface area contributed by atoms with Gasteiger partial charge in [-0.2, -0.15) is 0 Å². The van der Waals surface area contributed by atoms with Gasteiger partial charge in [0.05, 0.1) is 13.7 Å². The van der Waals surface area contributed by atoms with E-state index >= 15 is 0 Å². The summed E-state index contributed by atoms with van der Waals surface area (Å²) in [7, 11) is 1.62. The lowest BCUT2D eigenvalue weighted by atomic mass is 9.91. The largest absolute Gasteiger partial charge is 0.497 e. The lowest BCUT2D eigenvalue weighted by Gasteiger charge is -2.37. The second kappa shape index (κ2) is 7.50. The highest BCUT2D eigenvalue weighted by atomic mass is 16.6. The summed E-state index contributed by atoms with van der Waals surface area (Å²) in [5.41, 5.74) is 0.925. The van der Waals surface area contributed by atoms with E-state index in [4.69, 9.17) is 9.47 Å². The topological polar surface area (TPSA) is 72.0 Å². The number of carbonyl (C=O) groups is 2. The molecule has 2 aliphatic heterocycles. The van der Waals surface area contributed by atoms with Gasteiger partial charge in [-0.05, 0) is 29.8 Å². The summed E-state index contributed by atoms with van der Waals surface area (Å²) in [4.78, 5) is 32.6. The maximum Gasteiger partial charge on any atom is 0.410 e. The minimum Gasteiger partial charge on any atom is -0.497 e. The molecule has 1 aromatic carbocycles. The molecule has 0 bridgehead atoms. The first kappa shape index (κ1) is 18.3. The average Bonchev–Trinajstić information content (AvgIpc) is 3.03. The third-order valence-corrected chi connectivity index (χ3v) is 5.39. The monoisotopic (exact) mass is 381 g/mol. The number of nitrogens with zero attached hydrogens (tertiary/aromatic N) is 3. The molecular weight excluding hydrogens is 358 g/mol. The lowest BCUT2D eigenvalue weighted by molar-refractivity contribution is 0.00296. The Hall–Kier alpha value is -3.09. The Kier molecular flexibility index (Phi) is 4.90. The van der Waals surface area contributed by atoms with Gasteiger partial charge in [-0.25, -0.2) is 4.79 Å². The number of ether oxygens (including phenoxy) is 2. The molecule has 28 heavy (non-hydrogen) atoms. The van der Waals surface area contributed by atoms with Crippen LogP contribution in [0.2, 0.25) is 0 Å². The predicted octanol–water partition coefficient (Wildman–Crippen LogP) is 2.72. The van der Waals surface area contributed by atoms with Gasteiger partial charge in [0.15, 0.2) is 0 Å². The number of piperidine rings is 1. The van der Waals surface area contributed by atoms with Crippen molar-refractivity contribution in [3.63, 3.8) is 0 Å². The Labute approximate surface area is 163 Å². The number of hydrogen-bond donors (Lipinski definition) is 0. The van der Waals surface area contributed by atoms with Crippen LogP contribution in [0.1, 0.15) is 28.9 Å². The zero-order valence-electron chi connectivity index (χ0n) is 15.8. The molecule has 2 aliphatic rings. The Morgan fingerprint density at radius 3 is 2.75 bits per heavy atom. The third kappa shape index (κ3) is 3.65. The number of pyridine rings is 1. The summed E-state index contributed by atoms with van der Waals surface area (Å²) >= 11 is 0.